The molecule has 0 saturated carbocycles. The van der Waals surface area contributed by atoms with Crippen LogP contribution in [0.5, 0.6) is 0 Å². The Morgan fingerprint density at radius 1 is 0.923 bits per heavy atom. The normalized spacial score (nSPS) is 12.4. The van der Waals surface area contributed by atoms with Crippen molar-refractivity contribution in [2.45, 2.75) is 13.0 Å². The first-order valence-electron chi connectivity index (χ1n) is 8.31. The van der Waals surface area contributed by atoms with Gasteiger partial charge in [0.2, 0.25) is 11.9 Å². The summed E-state index contributed by atoms with van der Waals surface area (Å²) >= 11 is 0. The van der Waals surface area contributed by atoms with E-state index < -0.39 is 0 Å². The Kier molecular flexibility index (Phi) is 3.76. The van der Waals surface area contributed by atoms with Crippen LogP contribution >= 0.6 is 0 Å². The Balaban J connectivity index is 1.77. The number of aromatic nitrogens is 4. The number of nitrogens with two attached hydrogens (primary N) is 2. The molecule has 7 nitrogen and oxygen atoms in total. The summed E-state index contributed by atoms with van der Waals surface area (Å²) in [5, 5.41) is 3.01. The largest absolute Gasteiger partial charge is 0.383 e. The van der Waals surface area contributed by atoms with Gasteiger partial charge in [-0.05, 0) is 23.3 Å². The maximum Gasteiger partial charge on any atom is 0.227 e. The van der Waals surface area contributed by atoms with Crippen molar-refractivity contribution in [2.75, 3.05) is 23.4 Å². The van der Waals surface area contributed by atoms with Crippen LogP contribution in [0.25, 0.3) is 21.8 Å². The predicted molar refractivity (Wildman–Crippen MR) is 105 cm³/mol. The summed E-state index contributed by atoms with van der Waals surface area (Å²) in [6.45, 7) is 2.12. The highest BCUT2D eigenvalue weighted by atomic mass is 15.3. The van der Waals surface area contributed by atoms with E-state index in [-0.39, 0.29) is 17.8 Å². The lowest BCUT2D eigenvalue weighted by Gasteiger charge is -2.26. The van der Waals surface area contributed by atoms with Crippen LogP contribution in [0.2, 0.25) is 0 Å². The molecule has 2 aromatic heterocycles. The Hall–Kier alpha value is -3.48. The number of benzene rings is 2. The first-order valence-corrected chi connectivity index (χ1v) is 8.31. The predicted octanol–water partition coefficient (Wildman–Crippen LogP) is 2.93. The number of nitrogen functional groups attached to an aromatic ring is 2. The van der Waals surface area contributed by atoms with Crippen molar-refractivity contribution in [1.82, 2.24) is 19.9 Å². The van der Waals surface area contributed by atoms with Crippen molar-refractivity contribution in [1.29, 1.82) is 0 Å². The lowest BCUT2D eigenvalue weighted by Crippen LogP contribution is -2.24. The molecule has 4 N–H and O–H groups in total. The molecule has 0 spiro atoms. The van der Waals surface area contributed by atoms with Crippen molar-refractivity contribution < 1.29 is 0 Å². The molecule has 1 unspecified atom stereocenters. The second-order valence-electron chi connectivity index (χ2n) is 6.23. The van der Waals surface area contributed by atoms with Gasteiger partial charge in [-0.15, -0.1) is 0 Å². The molecule has 2 heterocycles. The van der Waals surface area contributed by atoms with Crippen molar-refractivity contribution in [2.24, 2.45) is 0 Å². The van der Waals surface area contributed by atoms with Crippen LogP contribution in [0.15, 0.2) is 48.7 Å². The molecule has 4 aromatic rings. The van der Waals surface area contributed by atoms with Crippen LogP contribution in [0.4, 0.5) is 17.7 Å². The zero-order chi connectivity index (χ0) is 18.3. The third-order valence-corrected chi connectivity index (χ3v) is 4.66. The summed E-state index contributed by atoms with van der Waals surface area (Å²) in [7, 11) is 1.96. The van der Waals surface area contributed by atoms with Gasteiger partial charge in [0, 0.05) is 13.2 Å². The van der Waals surface area contributed by atoms with Gasteiger partial charge < -0.3 is 16.4 Å². The third kappa shape index (κ3) is 2.63. The van der Waals surface area contributed by atoms with E-state index in [1.165, 1.54) is 16.3 Å². The summed E-state index contributed by atoms with van der Waals surface area (Å²) in [5.41, 5.74) is 13.2. The number of fused-ring (bicyclic) bond motifs is 2. The lowest BCUT2D eigenvalue weighted by atomic mass is 9.99. The fraction of sp³-hybridized carbons (Fsp3) is 0.158. The van der Waals surface area contributed by atoms with Gasteiger partial charge in [0.15, 0.2) is 5.65 Å². The Bertz CT molecular complexity index is 1100. The lowest BCUT2D eigenvalue weighted by molar-refractivity contribution is 0.722. The maximum absolute atomic E-state index is 5.87. The van der Waals surface area contributed by atoms with Crippen molar-refractivity contribution in [3.8, 4) is 0 Å². The SMILES string of the molecule is CC(c1cccc2ccccc12)N(C)c1ncc2c(N)nc(N)nc2n1. The van der Waals surface area contributed by atoms with Gasteiger partial charge in [0.25, 0.3) is 0 Å². The van der Waals surface area contributed by atoms with Crippen molar-refractivity contribution >= 4 is 39.5 Å². The molecule has 4 rings (SSSR count). The molecular formula is C19H19N7. The minimum absolute atomic E-state index is 0.0649. The fourth-order valence-corrected chi connectivity index (χ4v) is 3.11. The van der Waals surface area contributed by atoms with Crippen molar-refractivity contribution in [3.05, 3.63) is 54.2 Å². The van der Waals surface area contributed by atoms with E-state index in [9.17, 15) is 0 Å². The summed E-state index contributed by atoms with van der Waals surface area (Å²) in [4.78, 5) is 19.1. The molecular weight excluding hydrogens is 326 g/mol. The van der Waals surface area contributed by atoms with Crippen LogP contribution in [0.1, 0.15) is 18.5 Å². The summed E-state index contributed by atoms with van der Waals surface area (Å²) in [6, 6.07) is 14.7. The number of rotatable bonds is 3. The average Bonchev–Trinajstić information content (AvgIpc) is 2.65. The van der Waals surface area contributed by atoms with Gasteiger partial charge in [-0.2, -0.15) is 15.0 Å². The zero-order valence-electron chi connectivity index (χ0n) is 14.6. The standard InChI is InChI=1S/C19H19N7/c1-11(13-9-5-7-12-6-3-4-8-14(12)13)26(2)19-22-10-15-16(20)23-18(21)24-17(15)25-19/h3-11H,1-2H3,(H4,20,21,22,23,24,25). The van der Waals surface area contributed by atoms with E-state index >= 15 is 0 Å². The molecule has 1 atom stereocenters. The maximum atomic E-state index is 5.87. The molecule has 0 radical (unpaired) electrons. The second kappa shape index (κ2) is 6.11. The van der Waals surface area contributed by atoms with Crippen molar-refractivity contribution in [3.63, 3.8) is 0 Å². The third-order valence-electron chi connectivity index (χ3n) is 4.66. The summed E-state index contributed by atoms with van der Waals surface area (Å²) < 4.78 is 0. The number of hydrogen-bond donors (Lipinski definition) is 2. The van der Waals surface area contributed by atoms with Gasteiger partial charge >= 0.3 is 0 Å². The number of hydrogen-bond acceptors (Lipinski definition) is 7. The minimum atomic E-state index is 0.0649. The fourth-order valence-electron chi connectivity index (χ4n) is 3.11. The quantitative estimate of drug-likeness (QED) is 0.588. The van der Waals surface area contributed by atoms with Gasteiger partial charge in [-0.25, -0.2) is 4.98 Å². The Labute approximate surface area is 150 Å². The topological polar surface area (TPSA) is 107 Å². The van der Waals surface area contributed by atoms with Crippen LogP contribution in [-0.4, -0.2) is 27.0 Å². The number of nitrogens with zero attached hydrogens (tertiary/aromatic N) is 5. The first kappa shape index (κ1) is 16.0. The second-order valence-corrected chi connectivity index (χ2v) is 6.23. The van der Waals surface area contributed by atoms with E-state index in [2.05, 4.69) is 57.2 Å². The van der Waals surface area contributed by atoms with Gasteiger partial charge in [-0.3, -0.25) is 0 Å². The smallest absolute Gasteiger partial charge is 0.227 e. The van der Waals surface area contributed by atoms with Gasteiger partial charge in [0.1, 0.15) is 5.82 Å². The van der Waals surface area contributed by atoms with Crippen LogP contribution in [0.3, 0.4) is 0 Å². The highest BCUT2D eigenvalue weighted by Gasteiger charge is 2.18. The van der Waals surface area contributed by atoms with E-state index in [0.717, 1.165) is 0 Å². The van der Waals surface area contributed by atoms with E-state index in [1.807, 2.05) is 24.1 Å². The summed E-state index contributed by atoms with van der Waals surface area (Å²) in [5.74, 6) is 0.934. The molecule has 0 aliphatic heterocycles. The molecule has 0 amide bonds. The Morgan fingerprint density at radius 3 is 2.54 bits per heavy atom. The summed E-state index contributed by atoms with van der Waals surface area (Å²) in [6.07, 6.45) is 1.64. The molecule has 0 bridgehead atoms. The molecule has 26 heavy (non-hydrogen) atoms. The monoisotopic (exact) mass is 345 g/mol. The molecule has 130 valence electrons. The molecule has 0 fully saturated rings. The van der Waals surface area contributed by atoms with E-state index in [1.54, 1.807) is 6.20 Å². The Morgan fingerprint density at radius 2 is 1.69 bits per heavy atom. The minimum Gasteiger partial charge on any atom is -0.383 e. The average molecular weight is 345 g/mol. The number of anilines is 3. The molecule has 0 saturated heterocycles. The van der Waals surface area contributed by atoms with E-state index in [0.29, 0.717) is 17.0 Å². The van der Waals surface area contributed by atoms with E-state index in [4.69, 9.17) is 11.5 Å². The van der Waals surface area contributed by atoms with Crippen LogP contribution in [0, 0.1) is 0 Å². The van der Waals surface area contributed by atoms with Crippen LogP contribution in [-0.2, 0) is 0 Å². The molecule has 0 aliphatic carbocycles. The highest BCUT2D eigenvalue weighted by Crippen LogP contribution is 2.29. The van der Waals surface area contributed by atoms with Gasteiger partial charge in [-0.1, -0.05) is 42.5 Å². The molecule has 2 aromatic carbocycles. The molecule has 0 aliphatic rings. The molecule has 7 heteroatoms. The van der Waals surface area contributed by atoms with Gasteiger partial charge in [0.05, 0.1) is 11.4 Å². The highest BCUT2D eigenvalue weighted by molar-refractivity contribution is 5.87. The van der Waals surface area contributed by atoms with Crippen LogP contribution < -0.4 is 16.4 Å². The first-order chi connectivity index (χ1) is 12.5. The zero-order valence-corrected chi connectivity index (χ0v) is 14.6.